The van der Waals surface area contributed by atoms with Crippen molar-refractivity contribution in [2.75, 3.05) is 24.2 Å². The van der Waals surface area contributed by atoms with Crippen LogP contribution < -0.4 is 16.3 Å². The van der Waals surface area contributed by atoms with Gasteiger partial charge in [0.2, 0.25) is 5.91 Å². The van der Waals surface area contributed by atoms with Gasteiger partial charge >= 0.3 is 11.7 Å². The van der Waals surface area contributed by atoms with Gasteiger partial charge in [-0.1, -0.05) is 0 Å². The van der Waals surface area contributed by atoms with Crippen molar-refractivity contribution in [1.82, 2.24) is 14.9 Å². The Bertz CT molecular complexity index is 1340. The maximum atomic E-state index is 13.2. The van der Waals surface area contributed by atoms with Gasteiger partial charge in [-0.2, -0.15) is 4.98 Å². The van der Waals surface area contributed by atoms with Crippen molar-refractivity contribution in [3.8, 4) is 0 Å². The van der Waals surface area contributed by atoms with Crippen molar-refractivity contribution < 1.29 is 18.7 Å². The lowest BCUT2D eigenvalue weighted by Crippen LogP contribution is -2.44. The molecule has 1 fully saturated rings. The topological polar surface area (TPSA) is 127 Å². The van der Waals surface area contributed by atoms with Gasteiger partial charge in [0, 0.05) is 31.7 Å². The molecule has 10 nitrogen and oxygen atoms in total. The summed E-state index contributed by atoms with van der Waals surface area (Å²) in [7, 11) is 1.76. The Kier molecular flexibility index (Phi) is 6.71. The van der Waals surface area contributed by atoms with Gasteiger partial charge in [-0.05, 0) is 82.3 Å². The summed E-state index contributed by atoms with van der Waals surface area (Å²) >= 11 is 0. The number of nitrogens with one attached hydrogen (secondary N) is 2. The van der Waals surface area contributed by atoms with Crippen molar-refractivity contribution in [2.45, 2.75) is 58.1 Å². The summed E-state index contributed by atoms with van der Waals surface area (Å²) in [6.45, 7) is 7.55. The van der Waals surface area contributed by atoms with Gasteiger partial charge in [-0.25, -0.2) is 9.59 Å². The van der Waals surface area contributed by atoms with Gasteiger partial charge in [0.1, 0.15) is 11.1 Å². The number of aryl methyl sites for hydroxylation is 1. The number of benzene rings is 1. The number of hydrogen-bond acceptors (Lipinski definition) is 8. The number of ether oxygens (including phenoxy) is 1. The molecule has 0 spiro atoms. The monoisotopic (exact) mass is 493 g/mol. The summed E-state index contributed by atoms with van der Waals surface area (Å²) < 4.78 is 10.7. The van der Waals surface area contributed by atoms with Crippen molar-refractivity contribution >= 4 is 34.6 Å². The number of pyridine rings is 1. The van der Waals surface area contributed by atoms with E-state index in [-0.39, 0.29) is 17.3 Å². The molecular weight excluding hydrogens is 462 g/mol. The Hall–Kier alpha value is -3.95. The predicted molar refractivity (Wildman–Crippen MR) is 136 cm³/mol. The van der Waals surface area contributed by atoms with Gasteiger partial charge < -0.3 is 19.4 Å². The molecule has 0 unspecified atom stereocenters. The van der Waals surface area contributed by atoms with Crippen LogP contribution in [0.1, 0.15) is 44.7 Å². The van der Waals surface area contributed by atoms with Crippen LogP contribution in [0.4, 0.5) is 16.5 Å². The normalized spacial score (nSPS) is 14.2. The Morgan fingerprint density at radius 2 is 1.86 bits per heavy atom. The summed E-state index contributed by atoms with van der Waals surface area (Å²) in [5.41, 5.74) is 0.337. The van der Waals surface area contributed by atoms with Crippen LogP contribution in [0.3, 0.4) is 0 Å². The average Bonchev–Trinajstić information content (AvgIpc) is 3.58. The first-order valence-corrected chi connectivity index (χ1v) is 11.8. The van der Waals surface area contributed by atoms with Crippen molar-refractivity contribution in [3.63, 3.8) is 0 Å². The molecule has 0 atom stereocenters. The van der Waals surface area contributed by atoms with Crippen LogP contribution in [0.5, 0.6) is 0 Å². The fraction of sp³-hybridized carbons (Fsp3) is 0.423. The van der Waals surface area contributed by atoms with E-state index in [4.69, 9.17) is 9.15 Å². The summed E-state index contributed by atoms with van der Waals surface area (Å²) in [6, 6.07) is 7.12. The summed E-state index contributed by atoms with van der Waals surface area (Å²) in [5.74, 6) is -0.0748. The van der Waals surface area contributed by atoms with E-state index >= 15 is 0 Å². The molecule has 2 N–H and O–H groups in total. The molecule has 2 aromatic heterocycles. The molecule has 1 aliphatic rings. The van der Waals surface area contributed by atoms with Crippen LogP contribution in [0.15, 0.2) is 45.9 Å². The minimum atomic E-state index is -0.836. The number of aromatic nitrogens is 2. The zero-order valence-electron chi connectivity index (χ0n) is 21.2. The van der Waals surface area contributed by atoms with Crippen LogP contribution in [-0.2, 0) is 16.0 Å². The predicted octanol–water partition coefficient (Wildman–Crippen LogP) is 3.88. The van der Waals surface area contributed by atoms with E-state index in [9.17, 15) is 14.4 Å². The molecule has 0 bridgehead atoms. The summed E-state index contributed by atoms with van der Waals surface area (Å²) in [5, 5.41) is 5.98. The Balaban J connectivity index is 1.49. The summed E-state index contributed by atoms with van der Waals surface area (Å²) in [4.78, 5) is 48.3. The molecule has 2 amide bonds. The largest absolute Gasteiger partial charge is 0.444 e. The number of amides is 2. The lowest BCUT2D eigenvalue weighted by Gasteiger charge is -2.24. The van der Waals surface area contributed by atoms with Gasteiger partial charge in [-0.3, -0.25) is 15.1 Å². The van der Waals surface area contributed by atoms with E-state index in [1.54, 1.807) is 64.2 Å². The quantitative estimate of drug-likeness (QED) is 0.508. The molecule has 4 rings (SSSR count). The maximum Gasteiger partial charge on any atom is 0.412 e. The fourth-order valence-electron chi connectivity index (χ4n) is 3.96. The Morgan fingerprint density at radius 3 is 2.50 bits per heavy atom. The third-order valence-electron chi connectivity index (χ3n) is 6.03. The highest BCUT2D eigenvalue weighted by atomic mass is 16.6. The highest BCUT2D eigenvalue weighted by Gasteiger charge is 2.52. The molecule has 1 saturated carbocycles. The molecule has 1 aromatic carbocycles. The number of carbonyl (C=O) groups is 2. The standard InChI is InChI=1S/C26H31N5O5/c1-16-18(29-24(34)36-25(2,3)4)6-7-19-20(16)21(32)35-23(28-19)30-26(11-12-26)22(33)31(5)15-10-17-8-13-27-14-9-17/h6-9,13-14H,10-12,15H2,1-5H3,(H,28,30)(H,29,34). The van der Waals surface area contributed by atoms with Gasteiger partial charge in [0.25, 0.3) is 6.01 Å². The third kappa shape index (κ3) is 5.64. The molecule has 2 heterocycles. The maximum absolute atomic E-state index is 13.2. The van der Waals surface area contributed by atoms with Crippen LogP contribution in [0.2, 0.25) is 0 Å². The third-order valence-corrected chi connectivity index (χ3v) is 6.03. The van der Waals surface area contributed by atoms with E-state index < -0.39 is 22.9 Å². The second kappa shape index (κ2) is 9.60. The first-order valence-electron chi connectivity index (χ1n) is 11.8. The molecule has 1 aliphatic carbocycles. The minimum Gasteiger partial charge on any atom is -0.444 e. The van der Waals surface area contributed by atoms with Gasteiger partial charge in [0.05, 0.1) is 10.9 Å². The molecule has 36 heavy (non-hydrogen) atoms. The summed E-state index contributed by atoms with van der Waals surface area (Å²) in [6.07, 6.45) is 4.78. The van der Waals surface area contributed by atoms with Crippen LogP contribution >= 0.6 is 0 Å². The molecule has 3 aromatic rings. The van der Waals surface area contributed by atoms with E-state index in [0.717, 1.165) is 5.56 Å². The smallest absolute Gasteiger partial charge is 0.412 e. The van der Waals surface area contributed by atoms with Gasteiger partial charge in [0.15, 0.2) is 0 Å². The highest BCUT2D eigenvalue weighted by Crippen LogP contribution is 2.40. The molecule has 0 saturated heterocycles. The lowest BCUT2D eigenvalue weighted by atomic mass is 10.1. The second-order valence-electron chi connectivity index (χ2n) is 10.1. The van der Waals surface area contributed by atoms with Crippen molar-refractivity contribution in [3.05, 3.63) is 58.2 Å². The number of hydrogen-bond donors (Lipinski definition) is 2. The number of likely N-dealkylation sites (N-methyl/N-ethyl adjacent to an activating group) is 1. The van der Waals surface area contributed by atoms with Crippen LogP contribution in [-0.4, -0.2) is 51.6 Å². The lowest BCUT2D eigenvalue weighted by molar-refractivity contribution is -0.131. The molecule has 0 aliphatic heterocycles. The first-order chi connectivity index (χ1) is 17.0. The number of nitrogens with zero attached hydrogens (tertiary/aromatic N) is 3. The van der Waals surface area contributed by atoms with Crippen molar-refractivity contribution in [1.29, 1.82) is 0 Å². The zero-order valence-corrected chi connectivity index (χ0v) is 21.2. The molecule has 0 radical (unpaired) electrons. The Morgan fingerprint density at radius 1 is 1.17 bits per heavy atom. The number of fused-ring (bicyclic) bond motifs is 1. The molecule has 190 valence electrons. The second-order valence-corrected chi connectivity index (χ2v) is 10.1. The fourth-order valence-corrected chi connectivity index (χ4v) is 3.96. The average molecular weight is 494 g/mol. The number of carbonyl (C=O) groups excluding carboxylic acids is 2. The van der Waals surface area contributed by atoms with Crippen LogP contribution in [0.25, 0.3) is 10.9 Å². The van der Waals surface area contributed by atoms with E-state index in [1.807, 2.05) is 12.1 Å². The zero-order chi connectivity index (χ0) is 26.1. The highest BCUT2D eigenvalue weighted by molar-refractivity contribution is 5.94. The molecule has 10 heteroatoms. The van der Waals surface area contributed by atoms with E-state index in [2.05, 4.69) is 20.6 Å². The van der Waals surface area contributed by atoms with E-state index in [1.165, 1.54) is 0 Å². The number of anilines is 2. The van der Waals surface area contributed by atoms with Crippen LogP contribution in [0, 0.1) is 6.92 Å². The SMILES string of the molecule is Cc1c(NC(=O)OC(C)(C)C)ccc2nc(NC3(C(=O)N(C)CCc4ccncc4)CC3)oc(=O)c12. The van der Waals surface area contributed by atoms with E-state index in [0.29, 0.717) is 42.6 Å². The van der Waals surface area contributed by atoms with Crippen molar-refractivity contribution in [2.24, 2.45) is 0 Å². The first kappa shape index (κ1) is 25.2. The number of rotatable bonds is 7. The van der Waals surface area contributed by atoms with Gasteiger partial charge in [-0.15, -0.1) is 0 Å². The molecular formula is C26H31N5O5. The Labute approximate surface area is 209 Å². The minimum absolute atomic E-state index is 0.00636.